The highest BCUT2D eigenvalue weighted by Crippen LogP contribution is 2.18. The van der Waals surface area contributed by atoms with Crippen LogP contribution in [0.3, 0.4) is 0 Å². The lowest BCUT2D eigenvalue weighted by Crippen LogP contribution is -2.43. The van der Waals surface area contributed by atoms with Gasteiger partial charge in [0.05, 0.1) is 31.9 Å². The van der Waals surface area contributed by atoms with Gasteiger partial charge in [-0.15, -0.1) is 0 Å². The zero-order valence-corrected chi connectivity index (χ0v) is 16.3. The highest BCUT2D eigenvalue weighted by atomic mass is 16.5. The molecule has 1 fully saturated rings. The number of rotatable bonds is 6. The molecule has 0 saturated carbocycles. The first-order valence-electron chi connectivity index (χ1n) is 9.42. The maximum atomic E-state index is 12.8. The second-order valence-electron chi connectivity index (χ2n) is 6.92. The van der Waals surface area contributed by atoms with Gasteiger partial charge in [0.25, 0.3) is 5.91 Å². The number of nitrogens with zero attached hydrogens (tertiary/aromatic N) is 1. The fourth-order valence-corrected chi connectivity index (χ4v) is 3.19. The third-order valence-electron chi connectivity index (χ3n) is 4.90. The Kier molecular flexibility index (Phi) is 6.79. The van der Waals surface area contributed by atoms with Crippen molar-refractivity contribution in [1.29, 1.82) is 0 Å². The molecule has 3 rings (SSSR count). The van der Waals surface area contributed by atoms with Crippen molar-refractivity contribution in [3.8, 4) is 0 Å². The number of nitrogens with one attached hydrogen (secondary N) is 1. The lowest BCUT2D eigenvalue weighted by atomic mass is 10.0. The number of carbonyl (C=O) groups excluding carboxylic acids is 2. The van der Waals surface area contributed by atoms with Gasteiger partial charge in [0.1, 0.15) is 0 Å². The average molecular weight is 382 g/mol. The lowest BCUT2D eigenvalue weighted by Gasteiger charge is -2.31. The molecule has 1 saturated heterocycles. The molecule has 0 aliphatic carbocycles. The van der Waals surface area contributed by atoms with Crippen LogP contribution in [0, 0.1) is 6.92 Å². The summed E-state index contributed by atoms with van der Waals surface area (Å²) in [6.45, 7) is 5.89. The summed E-state index contributed by atoms with van der Waals surface area (Å²) < 4.78 is 10.1. The minimum atomic E-state index is -0.420. The van der Waals surface area contributed by atoms with E-state index >= 15 is 0 Å². The number of ether oxygens (including phenoxy) is 2. The second-order valence-corrected chi connectivity index (χ2v) is 6.92. The Bertz CT molecular complexity index is 796. The van der Waals surface area contributed by atoms with E-state index in [0.29, 0.717) is 24.3 Å². The van der Waals surface area contributed by atoms with Crippen LogP contribution in [0.2, 0.25) is 0 Å². The number of esters is 1. The van der Waals surface area contributed by atoms with Crippen molar-refractivity contribution in [1.82, 2.24) is 10.2 Å². The molecule has 0 bridgehead atoms. The van der Waals surface area contributed by atoms with Gasteiger partial charge in [0.15, 0.2) is 0 Å². The number of hydrogen-bond donors (Lipinski definition) is 1. The van der Waals surface area contributed by atoms with E-state index in [9.17, 15) is 9.59 Å². The molecule has 1 amide bonds. The van der Waals surface area contributed by atoms with E-state index in [0.717, 1.165) is 25.2 Å². The Labute approximate surface area is 165 Å². The van der Waals surface area contributed by atoms with E-state index < -0.39 is 5.97 Å². The molecule has 6 heteroatoms. The second kappa shape index (κ2) is 9.48. The van der Waals surface area contributed by atoms with Crippen LogP contribution in [0.15, 0.2) is 48.5 Å². The summed E-state index contributed by atoms with van der Waals surface area (Å²) in [6.07, 6.45) is 0. The van der Waals surface area contributed by atoms with Crippen LogP contribution in [-0.2, 0) is 9.47 Å². The minimum Gasteiger partial charge on any atom is -0.465 e. The zero-order valence-electron chi connectivity index (χ0n) is 16.3. The fourth-order valence-electron chi connectivity index (χ4n) is 3.19. The molecule has 1 aliphatic rings. The summed E-state index contributed by atoms with van der Waals surface area (Å²) in [5.41, 5.74) is 3.17. The van der Waals surface area contributed by atoms with E-state index in [2.05, 4.69) is 34.5 Å². The normalized spacial score (nSPS) is 15.6. The predicted molar refractivity (Wildman–Crippen MR) is 106 cm³/mol. The van der Waals surface area contributed by atoms with Crippen LogP contribution in [0.4, 0.5) is 0 Å². The summed E-state index contributed by atoms with van der Waals surface area (Å²) in [7, 11) is 1.33. The molecule has 2 aromatic carbocycles. The topological polar surface area (TPSA) is 67.9 Å². The smallest absolute Gasteiger partial charge is 0.337 e. The first kappa shape index (κ1) is 20.0. The van der Waals surface area contributed by atoms with Gasteiger partial charge in [-0.3, -0.25) is 9.69 Å². The molecule has 0 unspecified atom stereocenters. The van der Waals surface area contributed by atoms with E-state index in [1.165, 1.54) is 12.7 Å². The molecule has 0 spiro atoms. The molecule has 1 aliphatic heterocycles. The number of benzene rings is 2. The third-order valence-corrected chi connectivity index (χ3v) is 4.90. The van der Waals surface area contributed by atoms with Gasteiger partial charge in [-0.05, 0) is 36.8 Å². The molecule has 2 aromatic rings. The van der Waals surface area contributed by atoms with Crippen molar-refractivity contribution in [3.63, 3.8) is 0 Å². The van der Waals surface area contributed by atoms with Gasteiger partial charge >= 0.3 is 5.97 Å². The van der Waals surface area contributed by atoms with Crippen LogP contribution in [0.5, 0.6) is 0 Å². The van der Waals surface area contributed by atoms with Gasteiger partial charge < -0.3 is 14.8 Å². The van der Waals surface area contributed by atoms with Crippen molar-refractivity contribution < 1.29 is 19.1 Å². The Balaban J connectivity index is 1.74. The quantitative estimate of drug-likeness (QED) is 0.778. The number of carbonyl (C=O) groups is 2. The summed E-state index contributed by atoms with van der Waals surface area (Å²) in [5, 5.41) is 3.14. The Morgan fingerprint density at radius 3 is 2.25 bits per heavy atom. The van der Waals surface area contributed by atoms with Gasteiger partial charge in [0.2, 0.25) is 0 Å². The summed E-state index contributed by atoms with van der Waals surface area (Å²) in [5.74, 6) is -0.591. The largest absolute Gasteiger partial charge is 0.465 e. The first-order valence-corrected chi connectivity index (χ1v) is 9.42. The van der Waals surface area contributed by atoms with E-state index in [4.69, 9.17) is 9.47 Å². The molecule has 0 radical (unpaired) electrons. The number of amides is 1. The summed E-state index contributed by atoms with van der Waals surface area (Å²) in [4.78, 5) is 26.7. The van der Waals surface area contributed by atoms with Crippen molar-refractivity contribution in [3.05, 3.63) is 70.8 Å². The van der Waals surface area contributed by atoms with Crippen molar-refractivity contribution in [2.24, 2.45) is 0 Å². The number of aryl methyl sites for hydroxylation is 1. The van der Waals surface area contributed by atoms with Crippen molar-refractivity contribution in [2.75, 3.05) is 40.0 Å². The Morgan fingerprint density at radius 1 is 1.04 bits per heavy atom. The monoisotopic (exact) mass is 382 g/mol. The van der Waals surface area contributed by atoms with Crippen molar-refractivity contribution in [2.45, 2.75) is 13.0 Å². The van der Waals surface area contributed by atoms with Gasteiger partial charge in [-0.25, -0.2) is 4.79 Å². The van der Waals surface area contributed by atoms with E-state index in [1.807, 2.05) is 6.92 Å². The van der Waals surface area contributed by atoms with Crippen LogP contribution in [0.1, 0.15) is 37.9 Å². The predicted octanol–water partition coefficient (Wildman–Crippen LogP) is 2.58. The number of methoxy groups -OCH3 is 1. The molecule has 148 valence electrons. The Morgan fingerprint density at radius 2 is 1.64 bits per heavy atom. The molecule has 0 aromatic heterocycles. The average Bonchev–Trinajstić information content (AvgIpc) is 2.74. The number of hydrogen-bond acceptors (Lipinski definition) is 5. The van der Waals surface area contributed by atoms with Crippen LogP contribution >= 0.6 is 0 Å². The first-order chi connectivity index (χ1) is 13.6. The number of morpholine rings is 1. The van der Waals surface area contributed by atoms with Gasteiger partial charge in [-0.1, -0.05) is 29.8 Å². The molecule has 1 atom stereocenters. The van der Waals surface area contributed by atoms with Crippen LogP contribution in [-0.4, -0.2) is 56.7 Å². The minimum absolute atomic E-state index is 0.133. The van der Waals surface area contributed by atoms with Crippen LogP contribution in [0.25, 0.3) is 0 Å². The molecular formula is C22H26N2O4. The molecule has 1 N–H and O–H groups in total. The third kappa shape index (κ3) is 5.18. The maximum absolute atomic E-state index is 12.8. The Hall–Kier alpha value is -2.70. The zero-order chi connectivity index (χ0) is 19.9. The SMILES string of the molecule is COC(=O)c1ccc(C(=O)N[C@H](CN2CCOCC2)c2ccc(C)cc2)cc1. The van der Waals surface area contributed by atoms with Gasteiger partial charge in [-0.2, -0.15) is 0 Å². The standard InChI is InChI=1S/C22H26N2O4/c1-16-3-5-17(6-4-16)20(15-24-11-13-28-14-12-24)23-21(25)18-7-9-19(10-8-18)22(26)27-2/h3-10,20H,11-15H2,1-2H3,(H,23,25)/t20-/m1/s1. The molecule has 1 heterocycles. The van der Waals surface area contributed by atoms with Crippen molar-refractivity contribution >= 4 is 11.9 Å². The molecule has 6 nitrogen and oxygen atoms in total. The van der Waals surface area contributed by atoms with Crippen LogP contribution < -0.4 is 5.32 Å². The fraction of sp³-hybridized carbons (Fsp3) is 0.364. The summed E-state index contributed by atoms with van der Waals surface area (Å²) in [6, 6.07) is 14.6. The maximum Gasteiger partial charge on any atom is 0.337 e. The lowest BCUT2D eigenvalue weighted by molar-refractivity contribution is 0.0332. The highest BCUT2D eigenvalue weighted by molar-refractivity contribution is 5.96. The summed E-state index contributed by atoms with van der Waals surface area (Å²) >= 11 is 0. The highest BCUT2D eigenvalue weighted by Gasteiger charge is 2.21. The van der Waals surface area contributed by atoms with E-state index in [-0.39, 0.29) is 11.9 Å². The molecular weight excluding hydrogens is 356 g/mol. The molecule has 28 heavy (non-hydrogen) atoms. The van der Waals surface area contributed by atoms with Gasteiger partial charge in [0, 0.05) is 25.2 Å². The van der Waals surface area contributed by atoms with E-state index in [1.54, 1.807) is 24.3 Å².